The molecular weight excluding hydrogens is 300 g/mol. The number of nitrogens with zero attached hydrogens (tertiary/aromatic N) is 1. The minimum Gasteiger partial charge on any atom is -0.361 e. The molecule has 4 heterocycles. The van der Waals surface area contributed by atoms with Gasteiger partial charge in [0, 0.05) is 28.0 Å². The molecule has 2 nitrogen and oxygen atoms in total. The molecule has 1 N–H and O–H groups in total. The average Bonchev–Trinajstić information content (AvgIpc) is 3.32. The highest BCUT2D eigenvalue weighted by Crippen LogP contribution is 2.39. The summed E-state index contributed by atoms with van der Waals surface area (Å²) in [6.07, 6.45) is 7.73. The van der Waals surface area contributed by atoms with Crippen LogP contribution in [0.2, 0.25) is 0 Å². The van der Waals surface area contributed by atoms with Crippen molar-refractivity contribution in [2.45, 2.75) is 37.6 Å². The summed E-state index contributed by atoms with van der Waals surface area (Å²) in [6.45, 7) is 2.61. The number of hydrogen-bond donors (Lipinski definition) is 1. The third-order valence-electron chi connectivity index (χ3n) is 5.78. The summed E-state index contributed by atoms with van der Waals surface area (Å²) >= 11 is 1.82. The molecule has 0 spiro atoms. The zero-order valence-electron chi connectivity index (χ0n) is 13.3. The van der Waals surface area contributed by atoms with Crippen LogP contribution in [-0.4, -0.2) is 29.0 Å². The molecule has 2 fully saturated rings. The first-order valence-electron chi connectivity index (χ1n) is 8.77. The van der Waals surface area contributed by atoms with Crippen molar-refractivity contribution < 1.29 is 0 Å². The smallest absolute Gasteiger partial charge is 0.0457 e. The van der Waals surface area contributed by atoms with Crippen LogP contribution in [-0.2, 0) is 0 Å². The van der Waals surface area contributed by atoms with E-state index < -0.39 is 0 Å². The molecule has 0 bridgehead atoms. The second-order valence-electron chi connectivity index (χ2n) is 7.04. The highest BCUT2D eigenvalue weighted by Gasteiger charge is 2.33. The molecule has 0 radical (unpaired) electrons. The van der Waals surface area contributed by atoms with Gasteiger partial charge in [0.25, 0.3) is 0 Å². The SMILES string of the molecule is c1csc(-c2ccc3[nH]cc([C@@H]4CCN5CCC[C@H]5C4)c3c2)c1. The third kappa shape index (κ3) is 2.34. The van der Waals surface area contributed by atoms with Gasteiger partial charge >= 0.3 is 0 Å². The van der Waals surface area contributed by atoms with E-state index in [1.807, 2.05) is 11.3 Å². The van der Waals surface area contributed by atoms with Crippen LogP contribution in [0.4, 0.5) is 0 Å². The fourth-order valence-corrected chi connectivity index (χ4v) is 5.31. The van der Waals surface area contributed by atoms with Gasteiger partial charge in [-0.1, -0.05) is 12.1 Å². The van der Waals surface area contributed by atoms with Crippen LogP contribution in [0, 0.1) is 0 Å². The average molecular weight is 322 g/mol. The normalized spacial score (nSPS) is 25.0. The van der Waals surface area contributed by atoms with Gasteiger partial charge in [0.05, 0.1) is 0 Å². The Labute approximate surface area is 141 Å². The van der Waals surface area contributed by atoms with Crippen molar-refractivity contribution in [1.29, 1.82) is 0 Å². The monoisotopic (exact) mass is 322 g/mol. The molecule has 23 heavy (non-hydrogen) atoms. The summed E-state index contributed by atoms with van der Waals surface area (Å²) in [5.41, 5.74) is 4.19. The Bertz CT molecular complexity index is 817. The molecule has 2 saturated heterocycles. The lowest BCUT2D eigenvalue weighted by molar-refractivity contribution is 0.181. The van der Waals surface area contributed by atoms with Gasteiger partial charge < -0.3 is 9.88 Å². The van der Waals surface area contributed by atoms with Crippen molar-refractivity contribution >= 4 is 22.2 Å². The molecule has 5 rings (SSSR count). The molecule has 2 aromatic heterocycles. The molecule has 0 saturated carbocycles. The standard InChI is InChI=1S/C20H22N2S/c1-3-16-11-14(7-9-22(16)8-1)18-13-21-19-6-5-15(12-17(18)19)20-4-2-10-23-20/h2,4-6,10,12-14,16,21H,1,3,7-9,11H2/t14-,16+/m1/s1. The van der Waals surface area contributed by atoms with Crippen LogP contribution < -0.4 is 0 Å². The number of piperidine rings is 1. The van der Waals surface area contributed by atoms with E-state index in [0.29, 0.717) is 0 Å². The third-order valence-corrected chi connectivity index (χ3v) is 6.70. The van der Waals surface area contributed by atoms with Gasteiger partial charge in [-0.3, -0.25) is 0 Å². The Morgan fingerprint density at radius 2 is 2.13 bits per heavy atom. The van der Waals surface area contributed by atoms with E-state index >= 15 is 0 Å². The number of aromatic amines is 1. The van der Waals surface area contributed by atoms with Gasteiger partial charge in [0.15, 0.2) is 0 Å². The molecular formula is C20H22N2S. The predicted octanol–water partition coefficient (Wildman–Crippen LogP) is 5.24. The van der Waals surface area contributed by atoms with E-state index in [9.17, 15) is 0 Å². The number of H-pyrrole nitrogens is 1. The van der Waals surface area contributed by atoms with Crippen molar-refractivity contribution in [2.75, 3.05) is 13.1 Å². The van der Waals surface area contributed by atoms with Crippen molar-refractivity contribution in [1.82, 2.24) is 9.88 Å². The molecule has 2 atom stereocenters. The number of aromatic nitrogens is 1. The molecule has 3 heteroatoms. The lowest BCUT2D eigenvalue weighted by Gasteiger charge is -2.34. The Morgan fingerprint density at radius 3 is 3.04 bits per heavy atom. The maximum atomic E-state index is 3.51. The number of benzene rings is 1. The van der Waals surface area contributed by atoms with Gasteiger partial charge in [0.1, 0.15) is 0 Å². The highest BCUT2D eigenvalue weighted by molar-refractivity contribution is 7.13. The summed E-state index contributed by atoms with van der Waals surface area (Å²) in [4.78, 5) is 7.58. The maximum Gasteiger partial charge on any atom is 0.0457 e. The van der Waals surface area contributed by atoms with Crippen LogP contribution in [0.1, 0.15) is 37.2 Å². The van der Waals surface area contributed by atoms with E-state index in [1.165, 1.54) is 60.1 Å². The Balaban J connectivity index is 1.52. The highest BCUT2D eigenvalue weighted by atomic mass is 32.1. The van der Waals surface area contributed by atoms with Crippen molar-refractivity contribution in [3.05, 3.63) is 47.5 Å². The maximum absolute atomic E-state index is 3.51. The first kappa shape index (κ1) is 13.8. The summed E-state index contributed by atoms with van der Waals surface area (Å²) in [6, 6.07) is 12.1. The first-order chi connectivity index (χ1) is 11.4. The van der Waals surface area contributed by atoms with E-state index in [1.54, 1.807) is 5.56 Å². The molecule has 0 aliphatic carbocycles. The van der Waals surface area contributed by atoms with E-state index in [4.69, 9.17) is 0 Å². The fourth-order valence-electron chi connectivity index (χ4n) is 4.58. The minimum absolute atomic E-state index is 0.724. The van der Waals surface area contributed by atoms with Gasteiger partial charge in [-0.2, -0.15) is 0 Å². The molecule has 1 aromatic carbocycles. The molecule has 0 amide bonds. The van der Waals surface area contributed by atoms with Gasteiger partial charge in [-0.05, 0) is 79.4 Å². The van der Waals surface area contributed by atoms with Crippen molar-refractivity contribution in [2.24, 2.45) is 0 Å². The largest absolute Gasteiger partial charge is 0.361 e. The topological polar surface area (TPSA) is 19.0 Å². The van der Waals surface area contributed by atoms with Crippen LogP contribution >= 0.6 is 11.3 Å². The lowest BCUT2D eigenvalue weighted by Crippen LogP contribution is -2.37. The quantitative estimate of drug-likeness (QED) is 0.684. The minimum atomic E-state index is 0.724. The second kappa shape index (κ2) is 5.50. The number of rotatable bonds is 2. The van der Waals surface area contributed by atoms with Crippen molar-refractivity contribution in [3.8, 4) is 10.4 Å². The first-order valence-corrected chi connectivity index (χ1v) is 9.65. The van der Waals surface area contributed by atoms with Crippen LogP contribution in [0.3, 0.4) is 0 Å². The van der Waals surface area contributed by atoms with Crippen LogP contribution in [0.25, 0.3) is 21.3 Å². The van der Waals surface area contributed by atoms with E-state index in [-0.39, 0.29) is 0 Å². The second-order valence-corrected chi connectivity index (χ2v) is 7.98. The number of hydrogen-bond acceptors (Lipinski definition) is 2. The summed E-state index contributed by atoms with van der Waals surface area (Å²) in [5.74, 6) is 0.724. The van der Waals surface area contributed by atoms with Gasteiger partial charge in [0.2, 0.25) is 0 Å². The number of thiophene rings is 1. The number of nitrogens with one attached hydrogen (secondary N) is 1. The fraction of sp³-hybridized carbons (Fsp3) is 0.400. The van der Waals surface area contributed by atoms with Crippen molar-refractivity contribution in [3.63, 3.8) is 0 Å². The Morgan fingerprint density at radius 1 is 1.13 bits per heavy atom. The van der Waals surface area contributed by atoms with Gasteiger partial charge in [-0.15, -0.1) is 11.3 Å². The predicted molar refractivity (Wildman–Crippen MR) is 98.2 cm³/mol. The summed E-state index contributed by atoms with van der Waals surface area (Å²) < 4.78 is 0. The van der Waals surface area contributed by atoms with Gasteiger partial charge in [-0.25, -0.2) is 0 Å². The lowest BCUT2D eigenvalue weighted by atomic mass is 9.85. The zero-order chi connectivity index (χ0) is 15.2. The van der Waals surface area contributed by atoms with E-state index in [2.05, 4.69) is 51.8 Å². The molecule has 118 valence electrons. The molecule has 0 unspecified atom stereocenters. The summed E-state index contributed by atoms with van der Waals surface area (Å²) in [7, 11) is 0. The molecule has 2 aliphatic rings. The summed E-state index contributed by atoms with van der Waals surface area (Å²) in [5, 5.41) is 3.60. The van der Waals surface area contributed by atoms with Crippen LogP contribution in [0.15, 0.2) is 41.9 Å². The molecule has 3 aromatic rings. The molecule has 2 aliphatic heterocycles. The van der Waals surface area contributed by atoms with Crippen LogP contribution in [0.5, 0.6) is 0 Å². The Hall–Kier alpha value is -1.58. The number of fused-ring (bicyclic) bond motifs is 2. The zero-order valence-corrected chi connectivity index (χ0v) is 14.1. The van der Waals surface area contributed by atoms with E-state index in [0.717, 1.165) is 12.0 Å². The Kier molecular flexibility index (Phi) is 3.31.